The molecule has 0 aliphatic rings. The van der Waals surface area contributed by atoms with Gasteiger partial charge in [0.2, 0.25) is 0 Å². The van der Waals surface area contributed by atoms with Gasteiger partial charge < -0.3 is 5.32 Å². The predicted octanol–water partition coefficient (Wildman–Crippen LogP) is 3.12. The summed E-state index contributed by atoms with van der Waals surface area (Å²) in [4.78, 5) is 4.43. The topological polar surface area (TPSA) is 24.9 Å². The van der Waals surface area contributed by atoms with Gasteiger partial charge in [-0.05, 0) is 24.6 Å². The maximum Gasteiger partial charge on any atom is 0.0734 e. The van der Waals surface area contributed by atoms with Crippen molar-refractivity contribution in [1.29, 1.82) is 0 Å². The van der Waals surface area contributed by atoms with Gasteiger partial charge in [-0.25, -0.2) is 0 Å². The number of benzene rings is 1. The van der Waals surface area contributed by atoms with Crippen LogP contribution in [0.3, 0.4) is 0 Å². The zero-order valence-corrected chi connectivity index (χ0v) is 10.3. The van der Waals surface area contributed by atoms with Crippen molar-refractivity contribution in [2.24, 2.45) is 0 Å². The van der Waals surface area contributed by atoms with Crippen molar-refractivity contribution in [3.63, 3.8) is 0 Å². The summed E-state index contributed by atoms with van der Waals surface area (Å²) in [5.74, 6) is 0. The minimum atomic E-state index is 0.807. The highest BCUT2D eigenvalue weighted by atomic mass is 35.5. The minimum absolute atomic E-state index is 0.807. The molecule has 1 aromatic carbocycles. The third-order valence-electron chi connectivity index (χ3n) is 2.64. The van der Waals surface area contributed by atoms with Crippen LogP contribution >= 0.6 is 11.6 Å². The molecule has 0 saturated heterocycles. The van der Waals surface area contributed by atoms with E-state index in [4.69, 9.17) is 11.6 Å². The number of aromatic nitrogens is 1. The zero-order chi connectivity index (χ0) is 11.9. The third kappa shape index (κ3) is 3.29. The SMILES string of the molecule is Cl/C=C/CNCCc1cccc2cccnc12. The van der Waals surface area contributed by atoms with Crippen LogP contribution in [0.5, 0.6) is 0 Å². The summed E-state index contributed by atoms with van der Waals surface area (Å²) < 4.78 is 0. The van der Waals surface area contributed by atoms with Crippen LogP contribution in [0.4, 0.5) is 0 Å². The average Bonchev–Trinajstić information content (AvgIpc) is 2.39. The van der Waals surface area contributed by atoms with E-state index in [0.29, 0.717) is 0 Å². The molecule has 2 aromatic rings. The van der Waals surface area contributed by atoms with Crippen LogP contribution in [0.25, 0.3) is 10.9 Å². The molecule has 0 amide bonds. The Morgan fingerprint density at radius 3 is 3.00 bits per heavy atom. The Morgan fingerprint density at radius 1 is 1.24 bits per heavy atom. The Morgan fingerprint density at radius 2 is 2.12 bits per heavy atom. The summed E-state index contributed by atoms with van der Waals surface area (Å²) in [6, 6.07) is 10.4. The minimum Gasteiger partial charge on any atom is -0.313 e. The molecule has 3 heteroatoms. The van der Waals surface area contributed by atoms with Gasteiger partial charge in [0, 0.05) is 23.7 Å². The van der Waals surface area contributed by atoms with E-state index in [9.17, 15) is 0 Å². The molecule has 0 atom stereocenters. The van der Waals surface area contributed by atoms with Crippen LogP contribution in [0.1, 0.15) is 5.56 Å². The maximum absolute atomic E-state index is 5.45. The smallest absolute Gasteiger partial charge is 0.0734 e. The Kier molecular flexibility index (Phi) is 4.54. The molecule has 0 fully saturated rings. The second-order valence-corrected chi connectivity index (χ2v) is 4.06. The first-order valence-corrected chi connectivity index (χ1v) is 6.14. The van der Waals surface area contributed by atoms with E-state index in [1.807, 2.05) is 18.3 Å². The highest BCUT2D eigenvalue weighted by molar-refractivity contribution is 6.25. The fourth-order valence-electron chi connectivity index (χ4n) is 1.82. The second kappa shape index (κ2) is 6.38. The number of pyridine rings is 1. The fraction of sp³-hybridized carbons (Fsp3) is 0.214. The van der Waals surface area contributed by atoms with E-state index >= 15 is 0 Å². The number of halogens is 1. The lowest BCUT2D eigenvalue weighted by molar-refractivity contribution is 0.746. The number of para-hydroxylation sites is 1. The van der Waals surface area contributed by atoms with E-state index in [1.54, 1.807) is 0 Å². The Labute approximate surface area is 106 Å². The summed E-state index contributed by atoms with van der Waals surface area (Å²) in [6.45, 7) is 1.73. The maximum atomic E-state index is 5.45. The standard InChI is InChI=1S/C14H15ClN2/c15-8-3-9-16-11-7-13-5-1-4-12-6-2-10-17-14(12)13/h1-6,8,10,16H,7,9,11H2/b8-3+. The van der Waals surface area contributed by atoms with E-state index < -0.39 is 0 Å². The monoisotopic (exact) mass is 246 g/mol. The largest absolute Gasteiger partial charge is 0.313 e. The van der Waals surface area contributed by atoms with Crippen molar-refractivity contribution >= 4 is 22.5 Å². The van der Waals surface area contributed by atoms with Gasteiger partial charge in [0.05, 0.1) is 5.52 Å². The Bertz CT molecular complexity index is 503. The molecular formula is C14H15ClN2. The highest BCUT2D eigenvalue weighted by Crippen LogP contribution is 2.15. The van der Waals surface area contributed by atoms with Gasteiger partial charge in [-0.15, -0.1) is 0 Å². The van der Waals surface area contributed by atoms with Crippen molar-refractivity contribution in [1.82, 2.24) is 10.3 Å². The van der Waals surface area contributed by atoms with Crippen LogP contribution in [-0.2, 0) is 6.42 Å². The van der Waals surface area contributed by atoms with Crippen molar-refractivity contribution in [2.45, 2.75) is 6.42 Å². The number of hydrogen-bond acceptors (Lipinski definition) is 2. The normalized spacial score (nSPS) is 11.4. The molecule has 17 heavy (non-hydrogen) atoms. The van der Waals surface area contributed by atoms with Crippen LogP contribution in [0, 0.1) is 0 Å². The molecule has 0 unspecified atom stereocenters. The van der Waals surface area contributed by atoms with E-state index in [-0.39, 0.29) is 0 Å². The molecule has 0 aliphatic heterocycles. The number of hydrogen-bond donors (Lipinski definition) is 1. The molecule has 0 spiro atoms. The lowest BCUT2D eigenvalue weighted by atomic mass is 10.1. The van der Waals surface area contributed by atoms with E-state index in [0.717, 1.165) is 25.0 Å². The van der Waals surface area contributed by atoms with Gasteiger partial charge in [-0.3, -0.25) is 4.98 Å². The van der Waals surface area contributed by atoms with Gasteiger partial charge in [0.1, 0.15) is 0 Å². The van der Waals surface area contributed by atoms with Gasteiger partial charge in [0.25, 0.3) is 0 Å². The van der Waals surface area contributed by atoms with E-state index in [2.05, 4.69) is 34.6 Å². The molecule has 0 aliphatic carbocycles. The highest BCUT2D eigenvalue weighted by Gasteiger charge is 2.00. The molecule has 88 valence electrons. The zero-order valence-electron chi connectivity index (χ0n) is 9.57. The summed E-state index contributed by atoms with van der Waals surface area (Å²) in [5, 5.41) is 4.50. The first-order chi connectivity index (χ1) is 8.42. The van der Waals surface area contributed by atoms with Gasteiger partial charge in [-0.1, -0.05) is 41.9 Å². The van der Waals surface area contributed by atoms with Crippen molar-refractivity contribution in [3.8, 4) is 0 Å². The Hall–Kier alpha value is -1.38. The van der Waals surface area contributed by atoms with Crippen molar-refractivity contribution in [3.05, 3.63) is 53.7 Å². The number of rotatable bonds is 5. The van der Waals surface area contributed by atoms with Crippen LogP contribution in [0.15, 0.2) is 48.1 Å². The van der Waals surface area contributed by atoms with Gasteiger partial charge in [-0.2, -0.15) is 0 Å². The lowest BCUT2D eigenvalue weighted by Gasteiger charge is -2.05. The fourth-order valence-corrected chi connectivity index (χ4v) is 1.91. The van der Waals surface area contributed by atoms with Crippen molar-refractivity contribution < 1.29 is 0 Å². The number of nitrogens with zero attached hydrogens (tertiary/aromatic N) is 1. The molecule has 2 nitrogen and oxygen atoms in total. The first-order valence-electron chi connectivity index (χ1n) is 5.70. The van der Waals surface area contributed by atoms with Crippen LogP contribution in [0.2, 0.25) is 0 Å². The Balaban J connectivity index is 2.03. The molecule has 2 rings (SSSR count). The number of nitrogens with one attached hydrogen (secondary N) is 1. The third-order valence-corrected chi connectivity index (χ3v) is 2.82. The van der Waals surface area contributed by atoms with Crippen LogP contribution < -0.4 is 5.32 Å². The van der Waals surface area contributed by atoms with Gasteiger partial charge in [0.15, 0.2) is 0 Å². The first kappa shape index (κ1) is 12.1. The molecule has 0 bridgehead atoms. The molecule has 0 radical (unpaired) electrons. The molecule has 1 N–H and O–H groups in total. The second-order valence-electron chi connectivity index (χ2n) is 3.81. The predicted molar refractivity (Wildman–Crippen MR) is 73.3 cm³/mol. The molecule has 0 saturated carbocycles. The van der Waals surface area contributed by atoms with Gasteiger partial charge >= 0.3 is 0 Å². The van der Waals surface area contributed by atoms with Crippen molar-refractivity contribution in [2.75, 3.05) is 13.1 Å². The summed E-state index contributed by atoms with van der Waals surface area (Å²) in [6.07, 6.45) is 4.71. The number of fused-ring (bicyclic) bond motifs is 1. The van der Waals surface area contributed by atoms with E-state index in [1.165, 1.54) is 16.5 Å². The van der Waals surface area contributed by atoms with Crippen LogP contribution in [-0.4, -0.2) is 18.1 Å². The molecule has 1 aromatic heterocycles. The lowest BCUT2D eigenvalue weighted by Crippen LogP contribution is -2.17. The molecular weight excluding hydrogens is 232 g/mol. The summed E-state index contributed by atoms with van der Waals surface area (Å²) in [7, 11) is 0. The summed E-state index contributed by atoms with van der Waals surface area (Å²) in [5.41, 5.74) is 3.92. The quantitative estimate of drug-likeness (QED) is 0.820. The summed E-state index contributed by atoms with van der Waals surface area (Å²) >= 11 is 5.45. The average molecular weight is 247 g/mol. The molecule has 1 heterocycles.